The van der Waals surface area contributed by atoms with Crippen LogP contribution in [0, 0.1) is 5.82 Å². The van der Waals surface area contributed by atoms with Crippen molar-refractivity contribution < 1.29 is 23.5 Å². The van der Waals surface area contributed by atoms with Crippen molar-refractivity contribution in [1.82, 2.24) is 24.6 Å². The van der Waals surface area contributed by atoms with E-state index in [1.54, 1.807) is 35.4 Å². The van der Waals surface area contributed by atoms with E-state index >= 15 is 0 Å². The van der Waals surface area contributed by atoms with E-state index in [1.165, 1.54) is 23.0 Å². The predicted molar refractivity (Wildman–Crippen MR) is 122 cm³/mol. The third-order valence-corrected chi connectivity index (χ3v) is 6.17. The van der Waals surface area contributed by atoms with Crippen LogP contribution in [0.2, 0.25) is 0 Å². The normalized spacial score (nSPS) is 16.7. The second-order valence-electron chi connectivity index (χ2n) is 8.48. The minimum absolute atomic E-state index is 0.0191. The van der Waals surface area contributed by atoms with Crippen LogP contribution in [0.25, 0.3) is 11.0 Å². The molecule has 2 N–H and O–H groups in total. The molecule has 6 rings (SSSR count). The number of fused-ring (bicyclic) bond motifs is 2. The molecule has 2 aromatic carbocycles. The molecule has 2 aliphatic heterocycles. The Kier molecular flexibility index (Phi) is 5.09. The molecule has 0 radical (unpaired) electrons. The number of carbonyl (C=O) groups excluding carboxylic acids is 2. The third-order valence-electron chi connectivity index (χ3n) is 6.17. The van der Waals surface area contributed by atoms with Gasteiger partial charge in [0.1, 0.15) is 18.2 Å². The van der Waals surface area contributed by atoms with Gasteiger partial charge in [-0.25, -0.2) is 9.37 Å². The van der Waals surface area contributed by atoms with Gasteiger partial charge < -0.3 is 24.7 Å². The maximum atomic E-state index is 13.5. The van der Waals surface area contributed by atoms with Crippen molar-refractivity contribution in [2.75, 3.05) is 18.7 Å². The van der Waals surface area contributed by atoms with E-state index in [9.17, 15) is 14.0 Å². The number of nitrogens with zero attached hydrogens (tertiary/aromatic N) is 4. The zero-order chi connectivity index (χ0) is 23.9. The first kappa shape index (κ1) is 21.1. The van der Waals surface area contributed by atoms with E-state index in [2.05, 4.69) is 20.4 Å². The number of aromatic nitrogens is 4. The fourth-order valence-electron chi connectivity index (χ4n) is 4.49. The van der Waals surface area contributed by atoms with Crippen LogP contribution in [-0.4, -0.2) is 49.8 Å². The molecule has 0 spiro atoms. The molecule has 1 fully saturated rings. The Hall–Kier alpha value is -4.41. The van der Waals surface area contributed by atoms with E-state index < -0.39 is 0 Å². The Bertz CT molecular complexity index is 1450. The standard InChI is InChI=1S/C24H21FN6O4/c25-15-4-5-17-18(9-15)29-23(28-17)19-2-1-7-31(19)22(32)12-30-11-16(10-26-30)27-24(33)14-3-6-20-21(8-14)35-13-34-20/h3-6,8-11,19H,1-2,7,12-13H2,(H,27,33)(H,28,29)/t19-/m0/s1. The smallest absolute Gasteiger partial charge is 0.255 e. The molecule has 35 heavy (non-hydrogen) atoms. The molecule has 178 valence electrons. The number of halogens is 1. The minimum Gasteiger partial charge on any atom is -0.454 e. The van der Waals surface area contributed by atoms with Crippen LogP contribution in [0.1, 0.15) is 35.1 Å². The van der Waals surface area contributed by atoms with Crippen molar-refractivity contribution in [2.45, 2.75) is 25.4 Å². The Labute approximate surface area is 198 Å². The molecule has 10 nitrogen and oxygen atoms in total. The number of hydrogen-bond donors (Lipinski definition) is 2. The lowest BCUT2D eigenvalue weighted by molar-refractivity contribution is -0.133. The molecule has 1 saturated heterocycles. The van der Waals surface area contributed by atoms with Gasteiger partial charge in [-0.15, -0.1) is 0 Å². The SMILES string of the molecule is O=C(Nc1cnn(CC(=O)N2CCC[C@H]2c2nc3ccc(F)cc3[nH]2)c1)c1ccc2c(c1)OCO2. The Balaban J connectivity index is 1.12. The van der Waals surface area contributed by atoms with Gasteiger partial charge >= 0.3 is 0 Å². The highest BCUT2D eigenvalue weighted by Gasteiger charge is 2.32. The van der Waals surface area contributed by atoms with Crippen LogP contribution in [0.3, 0.4) is 0 Å². The van der Waals surface area contributed by atoms with E-state index in [0.717, 1.165) is 12.8 Å². The van der Waals surface area contributed by atoms with Crippen LogP contribution in [0.15, 0.2) is 48.8 Å². The Morgan fingerprint density at radius 2 is 2.06 bits per heavy atom. The molecular weight excluding hydrogens is 455 g/mol. The van der Waals surface area contributed by atoms with E-state index in [0.29, 0.717) is 46.2 Å². The second kappa shape index (κ2) is 8.42. The number of benzene rings is 2. The number of aromatic amines is 1. The van der Waals surface area contributed by atoms with Crippen molar-refractivity contribution >= 4 is 28.5 Å². The summed E-state index contributed by atoms with van der Waals surface area (Å²) in [5.74, 6) is 0.989. The van der Waals surface area contributed by atoms with Gasteiger partial charge in [0, 0.05) is 18.3 Å². The molecule has 4 aromatic rings. The molecule has 0 bridgehead atoms. The summed E-state index contributed by atoms with van der Waals surface area (Å²) < 4.78 is 25.6. The molecule has 0 unspecified atom stereocenters. The number of rotatable bonds is 5. The Morgan fingerprint density at radius 3 is 2.97 bits per heavy atom. The summed E-state index contributed by atoms with van der Waals surface area (Å²) in [5.41, 5.74) is 2.16. The first-order chi connectivity index (χ1) is 17.0. The number of anilines is 1. The number of H-pyrrole nitrogens is 1. The molecule has 2 aliphatic rings. The summed E-state index contributed by atoms with van der Waals surface area (Å²) in [4.78, 5) is 35.2. The molecule has 0 saturated carbocycles. The minimum atomic E-state index is -0.341. The van der Waals surface area contributed by atoms with Crippen LogP contribution < -0.4 is 14.8 Å². The average molecular weight is 476 g/mol. The molecule has 2 amide bonds. The van der Waals surface area contributed by atoms with Crippen LogP contribution >= 0.6 is 0 Å². The average Bonchev–Trinajstić information content (AvgIpc) is 3.63. The van der Waals surface area contributed by atoms with Crippen LogP contribution in [0.4, 0.5) is 10.1 Å². The maximum absolute atomic E-state index is 13.5. The third kappa shape index (κ3) is 4.05. The van der Waals surface area contributed by atoms with E-state index in [1.807, 2.05) is 0 Å². The van der Waals surface area contributed by atoms with Gasteiger partial charge in [-0.05, 0) is 49.2 Å². The number of hydrogen-bond acceptors (Lipinski definition) is 6. The first-order valence-electron chi connectivity index (χ1n) is 11.2. The largest absolute Gasteiger partial charge is 0.454 e. The summed E-state index contributed by atoms with van der Waals surface area (Å²) in [6.45, 7) is 0.753. The fourth-order valence-corrected chi connectivity index (χ4v) is 4.49. The fraction of sp³-hybridized carbons (Fsp3) is 0.250. The number of likely N-dealkylation sites (tertiary alicyclic amines) is 1. The highest BCUT2D eigenvalue weighted by molar-refractivity contribution is 6.04. The van der Waals surface area contributed by atoms with Gasteiger partial charge in [0.15, 0.2) is 11.5 Å². The summed E-state index contributed by atoms with van der Waals surface area (Å²) in [6, 6.07) is 9.13. The van der Waals surface area contributed by atoms with Crippen LogP contribution in [0.5, 0.6) is 11.5 Å². The lowest BCUT2D eigenvalue weighted by Crippen LogP contribution is -2.34. The van der Waals surface area contributed by atoms with Crippen molar-refractivity contribution in [1.29, 1.82) is 0 Å². The van der Waals surface area contributed by atoms with E-state index in [-0.39, 0.29) is 37.0 Å². The van der Waals surface area contributed by atoms with Crippen molar-refractivity contribution in [3.63, 3.8) is 0 Å². The van der Waals surface area contributed by atoms with Crippen molar-refractivity contribution in [2.24, 2.45) is 0 Å². The summed E-state index contributed by atoms with van der Waals surface area (Å²) >= 11 is 0. The summed E-state index contributed by atoms with van der Waals surface area (Å²) in [6.07, 6.45) is 4.72. The van der Waals surface area contributed by atoms with Gasteiger partial charge in [0.05, 0.1) is 29.0 Å². The quantitative estimate of drug-likeness (QED) is 0.457. The Morgan fingerprint density at radius 1 is 1.17 bits per heavy atom. The molecule has 4 heterocycles. The van der Waals surface area contributed by atoms with Gasteiger partial charge in [0.2, 0.25) is 12.7 Å². The lowest BCUT2D eigenvalue weighted by atomic mass is 10.2. The van der Waals surface area contributed by atoms with Crippen molar-refractivity contribution in [3.05, 3.63) is 66.0 Å². The number of nitrogens with one attached hydrogen (secondary N) is 2. The van der Waals surface area contributed by atoms with Gasteiger partial charge in [-0.2, -0.15) is 5.10 Å². The molecule has 11 heteroatoms. The van der Waals surface area contributed by atoms with Crippen LogP contribution in [-0.2, 0) is 11.3 Å². The van der Waals surface area contributed by atoms with Gasteiger partial charge in [-0.1, -0.05) is 0 Å². The zero-order valence-electron chi connectivity index (χ0n) is 18.5. The number of ether oxygens (including phenoxy) is 2. The summed E-state index contributed by atoms with van der Waals surface area (Å²) in [5, 5.41) is 7.00. The number of imidazole rings is 1. The van der Waals surface area contributed by atoms with Crippen molar-refractivity contribution in [3.8, 4) is 11.5 Å². The van der Waals surface area contributed by atoms with Gasteiger partial charge in [-0.3, -0.25) is 14.3 Å². The highest BCUT2D eigenvalue weighted by atomic mass is 19.1. The monoisotopic (exact) mass is 476 g/mol. The zero-order valence-corrected chi connectivity index (χ0v) is 18.5. The molecular formula is C24H21FN6O4. The molecule has 1 atom stereocenters. The maximum Gasteiger partial charge on any atom is 0.255 e. The predicted octanol–water partition coefficient (Wildman–Crippen LogP) is 3.24. The highest BCUT2D eigenvalue weighted by Crippen LogP contribution is 2.33. The second-order valence-corrected chi connectivity index (χ2v) is 8.48. The topological polar surface area (TPSA) is 114 Å². The lowest BCUT2D eigenvalue weighted by Gasteiger charge is -2.23. The molecule has 0 aliphatic carbocycles. The number of amides is 2. The molecule has 2 aromatic heterocycles. The number of carbonyl (C=O) groups is 2. The van der Waals surface area contributed by atoms with E-state index in [4.69, 9.17) is 9.47 Å². The summed E-state index contributed by atoms with van der Waals surface area (Å²) in [7, 11) is 0. The van der Waals surface area contributed by atoms with Gasteiger partial charge in [0.25, 0.3) is 5.91 Å². The first-order valence-corrected chi connectivity index (χ1v) is 11.2.